The molecule has 0 saturated carbocycles. The first-order valence-corrected chi connectivity index (χ1v) is 13.0. The van der Waals surface area contributed by atoms with Gasteiger partial charge in [0, 0.05) is 53.9 Å². The van der Waals surface area contributed by atoms with Crippen molar-refractivity contribution >= 4 is 52.6 Å². The molecule has 3 aromatic rings. The number of fused-ring (bicyclic) bond motifs is 3. The number of methoxy groups -OCH3 is 1. The predicted molar refractivity (Wildman–Crippen MR) is 141 cm³/mol. The van der Waals surface area contributed by atoms with Crippen molar-refractivity contribution in [3.63, 3.8) is 0 Å². The van der Waals surface area contributed by atoms with Gasteiger partial charge in [0.25, 0.3) is 0 Å². The molecule has 11 heteroatoms. The Morgan fingerprint density at radius 3 is 2.58 bits per heavy atom. The van der Waals surface area contributed by atoms with Crippen LogP contribution in [0.5, 0.6) is 0 Å². The lowest BCUT2D eigenvalue weighted by atomic mass is 10.00. The first-order valence-electron chi connectivity index (χ1n) is 11.3. The molecule has 0 spiro atoms. The maximum Gasteiger partial charge on any atom is 0.305 e. The van der Waals surface area contributed by atoms with Crippen molar-refractivity contribution in [2.24, 2.45) is 4.99 Å². The third-order valence-electron chi connectivity index (χ3n) is 5.72. The molecule has 2 aromatic carbocycles. The largest absolute Gasteiger partial charge is 0.469 e. The number of carbonyl (C=O) groups excluding carboxylic acids is 2. The molecular weight excluding hydrogens is 521 g/mol. The molecule has 0 bridgehead atoms. The van der Waals surface area contributed by atoms with Crippen LogP contribution in [0.1, 0.15) is 42.3 Å². The van der Waals surface area contributed by atoms with Gasteiger partial charge in [0.2, 0.25) is 5.91 Å². The lowest BCUT2D eigenvalue weighted by molar-refractivity contribution is -0.140. The van der Waals surface area contributed by atoms with Gasteiger partial charge in [-0.1, -0.05) is 53.2 Å². The minimum absolute atomic E-state index is 0.0329. The third-order valence-corrected chi connectivity index (χ3v) is 7.22. The van der Waals surface area contributed by atoms with Gasteiger partial charge in [0.05, 0.1) is 18.5 Å². The summed E-state index contributed by atoms with van der Waals surface area (Å²) in [6.07, 6.45) is 0.884. The summed E-state index contributed by atoms with van der Waals surface area (Å²) in [5, 5.41) is 10.6. The minimum atomic E-state index is -0.494. The van der Waals surface area contributed by atoms with Crippen molar-refractivity contribution in [2.45, 2.75) is 30.5 Å². The molecule has 1 atom stereocenters. The quantitative estimate of drug-likeness (QED) is 0.292. The summed E-state index contributed by atoms with van der Waals surface area (Å²) in [5.41, 5.74) is 2.95. The van der Waals surface area contributed by atoms with E-state index < -0.39 is 6.04 Å². The summed E-state index contributed by atoms with van der Waals surface area (Å²) in [6, 6.07) is 12.5. The van der Waals surface area contributed by atoms with Crippen molar-refractivity contribution in [1.29, 1.82) is 0 Å². The van der Waals surface area contributed by atoms with Crippen LogP contribution in [0.2, 0.25) is 10.0 Å². The van der Waals surface area contributed by atoms with E-state index in [0.29, 0.717) is 45.3 Å². The predicted octanol–water partition coefficient (Wildman–Crippen LogP) is 4.99. The van der Waals surface area contributed by atoms with Crippen molar-refractivity contribution in [3.8, 4) is 5.69 Å². The molecule has 1 aliphatic heterocycles. The van der Waals surface area contributed by atoms with Crippen molar-refractivity contribution < 1.29 is 14.3 Å². The number of ether oxygens (including phenoxy) is 1. The van der Waals surface area contributed by atoms with Crippen LogP contribution < -0.4 is 0 Å². The Morgan fingerprint density at radius 2 is 1.86 bits per heavy atom. The number of rotatable bonds is 8. The molecule has 0 N–H and O–H groups in total. The van der Waals surface area contributed by atoms with E-state index in [9.17, 15) is 9.59 Å². The highest BCUT2D eigenvalue weighted by Gasteiger charge is 2.30. The number of nitrogens with zero attached hydrogens (tertiary/aromatic N) is 5. The van der Waals surface area contributed by atoms with Crippen LogP contribution in [0.3, 0.4) is 0 Å². The topological polar surface area (TPSA) is 89.7 Å². The van der Waals surface area contributed by atoms with Crippen LogP contribution >= 0.6 is 35.0 Å². The molecule has 36 heavy (non-hydrogen) atoms. The Balaban J connectivity index is 1.84. The van der Waals surface area contributed by atoms with Crippen LogP contribution in [0.15, 0.2) is 52.6 Å². The number of aromatic nitrogens is 3. The summed E-state index contributed by atoms with van der Waals surface area (Å²) >= 11 is 14.5. The summed E-state index contributed by atoms with van der Waals surface area (Å²) in [7, 11) is 4.82. The van der Waals surface area contributed by atoms with Gasteiger partial charge in [-0.3, -0.25) is 19.1 Å². The lowest BCUT2D eigenvalue weighted by Gasteiger charge is -2.14. The number of hydrogen-bond donors (Lipinski definition) is 0. The second-order valence-corrected chi connectivity index (χ2v) is 10.2. The van der Waals surface area contributed by atoms with Crippen molar-refractivity contribution in [3.05, 3.63) is 69.5 Å². The summed E-state index contributed by atoms with van der Waals surface area (Å²) in [4.78, 5) is 30.7. The van der Waals surface area contributed by atoms with E-state index in [1.54, 1.807) is 31.1 Å². The first kappa shape index (κ1) is 26.2. The van der Waals surface area contributed by atoms with Gasteiger partial charge in [-0.15, -0.1) is 10.2 Å². The number of benzene rings is 2. The molecule has 0 saturated heterocycles. The Hall–Kier alpha value is -2.88. The molecular formula is C25H25Cl2N5O3S. The fraction of sp³-hybridized carbons (Fsp3) is 0.320. The van der Waals surface area contributed by atoms with Crippen molar-refractivity contribution in [2.75, 3.05) is 27.0 Å². The number of esters is 1. The summed E-state index contributed by atoms with van der Waals surface area (Å²) < 4.78 is 6.80. The van der Waals surface area contributed by atoms with Crippen LogP contribution in [-0.4, -0.2) is 64.2 Å². The van der Waals surface area contributed by atoms with Gasteiger partial charge < -0.3 is 9.64 Å². The molecule has 1 amide bonds. The average molecular weight is 546 g/mol. The normalized spacial score (nSPS) is 14.4. The molecule has 0 unspecified atom stereocenters. The van der Waals surface area contributed by atoms with Gasteiger partial charge in [-0.2, -0.15) is 0 Å². The Labute approximate surface area is 223 Å². The van der Waals surface area contributed by atoms with E-state index in [-0.39, 0.29) is 18.3 Å². The molecule has 1 aromatic heterocycles. The zero-order valence-corrected chi connectivity index (χ0v) is 22.4. The molecule has 2 heterocycles. The number of hydrogen-bond acceptors (Lipinski definition) is 7. The molecule has 4 rings (SSSR count). The number of amides is 1. The molecule has 0 aliphatic carbocycles. The molecule has 0 radical (unpaired) electrons. The first-order chi connectivity index (χ1) is 17.3. The number of carbonyl (C=O) groups is 2. The fourth-order valence-electron chi connectivity index (χ4n) is 3.86. The number of halogens is 2. The van der Waals surface area contributed by atoms with E-state index >= 15 is 0 Å². The van der Waals surface area contributed by atoms with Gasteiger partial charge in [-0.05, 0) is 30.7 Å². The fourth-order valence-corrected chi connectivity index (χ4v) is 5.14. The maximum absolute atomic E-state index is 12.1. The van der Waals surface area contributed by atoms with Crippen LogP contribution in [0.4, 0.5) is 0 Å². The second-order valence-electron chi connectivity index (χ2n) is 8.31. The third kappa shape index (κ3) is 5.58. The highest BCUT2D eigenvalue weighted by Crippen LogP contribution is 2.37. The Morgan fingerprint density at radius 1 is 1.08 bits per heavy atom. The number of aliphatic imine (C=N–C) groups is 1. The summed E-state index contributed by atoms with van der Waals surface area (Å²) in [5.74, 6) is 0.817. The van der Waals surface area contributed by atoms with E-state index in [2.05, 4.69) is 10.2 Å². The van der Waals surface area contributed by atoms with Gasteiger partial charge >= 0.3 is 5.97 Å². The van der Waals surface area contributed by atoms with Crippen LogP contribution in [0.25, 0.3) is 5.69 Å². The van der Waals surface area contributed by atoms with E-state index in [1.165, 1.54) is 18.9 Å². The van der Waals surface area contributed by atoms with E-state index in [0.717, 1.165) is 16.8 Å². The smallest absolute Gasteiger partial charge is 0.305 e. The highest BCUT2D eigenvalue weighted by atomic mass is 35.5. The van der Waals surface area contributed by atoms with E-state index in [1.807, 2.05) is 34.9 Å². The molecule has 1 aliphatic rings. The minimum Gasteiger partial charge on any atom is -0.469 e. The van der Waals surface area contributed by atoms with Crippen molar-refractivity contribution in [1.82, 2.24) is 19.7 Å². The Bertz CT molecular complexity index is 1320. The monoisotopic (exact) mass is 545 g/mol. The molecule has 188 valence electrons. The zero-order valence-electron chi connectivity index (χ0n) is 20.1. The highest BCUT2D eigenvalue weighted by molar-refractivity contribution is 7.99. The molecule has 8 nitrogen and oxygen atoms in total. The molecule has 0 fully saturated rings. The Kier molecular flexibility index (Phi) is 8.33. The van der Waals surface area contributed by atoms with E-state index in [4.69, 9.17) is 32.9 Å². The van der Waals surface area contributed by atoms with Gasteiger partial charge in [0.15, 0.2) is 11.0 Å². The van der Waals surface area contributed by atoms with Gasteiger partial charge in [0.1, 0.15) is 6.04 Å². The van der Waals surface area contributed by atoms with Crippen LogP contribution in [0, 0.1) is 0 Å². The SMILES string of the molecule is COC(=O)CC[C@@H]1N=C(c2ccccc2Cl)c2cc(Cl)ccc2-n2c(SCCC(=O)N(C)C)nnc21. The lowest BCUT2D eigenvalue weighted by Crippen LogP contribution is -2.21. The summed E-state index contributed by atoms with van der Waals surface area (Å²) in [6.45, 7) is 0. The van der Waals surface area contributed by atoms with Crippen LogP contribution in [-0.2, 0) is 14.3 Å². The zero-order chi connectivity index (χ0) is 25.8. The maximum atomic E-state index is 12.1. The number of thioether (sulfide) groups is 1. The standard InChI is InChI=1S/C25H25Cl2N5O3S/c1-31(2)21(33)12-13-36-25-30-29-24-19(9-11-22(34)35-3)28-23(16-6-4-5-7-18(16)27)17-14-15(26)8-10-20(17)32(24)25/h4-8,10,14,19H,9,11-13H2,1-3H3/t19-/m0/s1. The average Bonchev–Trinajstić information content (AvgIpc) is 3.22. The van der Waals surface area contributed by atoms with Gasteiger partial charge in [-0.25, -0.2) is 0 Å². The second kappa shape index (κ2) is 11.5.